The highest BCUT2D eigenvalue weighted by Crippen LogP contribution is 2.32. The maximum Gasteiger partial charge on any atom is 0.211 e. The molecule has 0 unspecified atom stereocenters. The van der Waals surface area contributed by atoms with Crippen molar-refractivity contribution in [2.45, 2.75) is 51.6 Å². The monoisotopic (exact) mass is 373 g/mol. The third kappa shape index (κ3) is 5.94. The fourth-order valence-electron chi connectivity index (χ4n) is 2.46. The summed E-state index contributed by atoms with van der Waals surface area (Å²) in [6, 6.07) is 4.20. The number of aliphatic hydroxyl groups is 1. The van der Waals surface area contributed by atoms with Crippen LogP contribution < -0.4 is 9.46 Å². The molecule has 1 saturated carbocycles. The Balaban J connectivity index is 2.10. The summed E-state index contributed by atoms with van der Waals surface area (Å²) in [6.07, 6.45) is 3.82. The lowest BCUT2D eigenvalue weighted by Gasteiger charge is -2.28. The number of unbranched alkanes of at least 4 members (excludes halogenated alkanes) is 1. The second-order valence-electron chi connectivity index (χ2n) is 6.78. The number of ether oxygens (including phenoxy) is 1. The minimum atomic E-state index is -3.44. The molecule has 0 spiro atoms. The van der Waals surface area contributed by atoms with E-state index in [2.05, 4.69) is 4.72 Å². The summed E-state index contributed by atoms with van der Waals surface area (Å²) in [6.45, 7) is 3.99. The first-order chi connectivity index (χ1) is 11.8. The van der Waals surface area contributed by atoms with Crippen molar-refractivity contribution in [2.24, 2.45) is 5.92 Å². The summed E-state index contributed by atoms with van der Waals surface area (Å²) in [5, 5.41) is 10.9. The first-order valence-corrected chi connectivity index (χ1v) is 10.6. The lowest BCUT2D eigenvalue weighted by atomic mass is 9.91. The molecular weight excluding hydrogens is 345 g/mol. The van der Waals surface area contributed by atoms with Crippen LogP contribution in [0.4, 0.5) is 4.39 Å². The first kappa shape index (κ1) is 20.1. The predicted molar refractivity (Wildman–Crippen MR) is 95.5 cm³/mol. The number of benzene rings is 1. The molecule has 0 aliphatic heterocycles. The summed E-state index contributed by atoms with van der Waals surface area (Å²) in [5.74, 6) is 0.137. The van der Waals surface area contributed by atoms with Crippen LogP contribution in [0.25, 0.3) is 0 Å². The molecule has 1 aromatic rings. The topological polar surface area (TPSA) is 75.6 Å². The second kappa shape index (κ2) is 8.47. The zero-order chi connectivity index (χ0) is 18.5. The van der Waals surface area contributed by atoms with Crippen LogP contribution in [0.5, 0.6) is 5.75 Å². The molecule has 0 bridgehead atoms. The molecule has 0 heterocycles. The lowest BCUT2D eigenvalue weighted by Crippen LogP contribution is -2.41. The summed E-state index contributed by atoms with van der Waals surface area (Å²) >= 11 is 0. The van der Waals surface area contributed by atoms with Gasteiger partial charge in [0.05, 0.1) is 12.4 Å². The number of hydrogen-bond acceptors (Lipinski definition) is 4. The van der Waals surface area contributed by atoms with Crippen LogP contribution in [0.3, 0.4) is 0 Å². The van der Waals surface area contributed by atoms with Crippen LogP contribution in [0.1, 0.15) is 51.5 Å². The average molecular weight is 373 g/mol. The predicted octanol–water partition coefficient (Wildman–Crippen LogP) is 2.93. The van der Waals surface area contributed by atoms with Crippen molar-refractivity contribution in [3.63, 3.8) is 0 Å². The maximum atomic E-state index is 13.9. The van der Waals surface area contributed by atoms with Crippen LogP contribution >= 0.6 is 0 Å². The third-order valence-electron chi connectivity index (χ3n) is 4.58. The van der Waals surface area contributed by atoms with E-state index in [0.29, 0.717) is 24.5 Å². The Labute approximate surface area is 149 Å². The minimum absolute atomic E-state index is 0.0302. The lowest BCUT2D eigenvalue weighted by molar-refractivity contribution is 0.0376. The number of rotatable bonds is 11. The summed E-state index contributed by atoms with van der Waals surface area (Å²) in [7, 11) is -3.44. The molecule has 5 nitrogen and oxygen atoms in total. The van der Waals surface area contributed by atoms with Crippen LogP contribution in [0.2, 0.25) is 0 Å². The fourth-order valence-corrected chi connectivity index (χ4v) is 3.73. The van der Waals surface area contributed by atoms with Crippen molar-refractivity contribution in [3.05, 3.63) is 29.6 Å². The first-order valence-electron chi connectivity index (χ1n) is 8.92. The van der Waals surface area contributed by atoms with E-state index in [4.69, 9.17) is 4.74 Å². The standard InChI is InChI=1S/C18H28FNO4S/c1-3-5-10-25(22,23)20-13-18(21,4-2)15-8-9-16(19)17(11-15)24-12-14-6-7-14/h8-9,11,14,20-21H,3-7,10,12-13H2,1-2H3/t18-/m1/s1. The van der Waals surface area contributed by atoms with E-state index in [1.807, 2.05) is 6.92 Å². The molecule has 0 aromatic heterocycles. The molecule has 2 N–H and O–H groups in total. The van der Waals surface area contributed by atoms with Crippen LogP contribution in [0, 0.1) is 11.7 Å². The van der Waals surface area contributed by atoms with E-state index < -0.39 is 21.4 Å². The van der Waals surface area contributed by atoms with Crippen molar-refractivity contribution in [1.29, 1.82) is 0 Å². The number of halogens is 1. The van der Waals surface area contributed by atoms with Gasteiger partial charge < -0.3 is 9.84 Å². The molecule has 1 aromatic carbocycles. The molecule has 2 rings (SSSR count). The van der Waals surface area contributed by atoms with Gasteiger partial charge in [0, 0.05) is 6.54 Å². The van der Waals surface area contributed by atoms with E-state index in [1.54, 1.807) is 6.92 Å². The normalized spacial score (nSPS) is 17.3. The van der Waals surface area contributed by atoms with Gasteiger partial charge in [-0.15, -0.1) is 0 Å². The van der Waals surface area contributed by atoms with Gasteiger partial charge in [-0.05, 0) is 49.3 Å². The maximum absolute atomic E-state index is 13.9. The molecule has 0 saturated heterocycles. The Morgan fingerprint density at radius 3 is 2.68 bits per heavy atom. The van der Waals surface area contributed by atoms with Gasteiger partial charge in [0.1, 0.15) is 5.60 Å². The van der Waals surface area contributed by atoms with Crippen molar-refractivity contribution in [3.8, 4) is 5.75 Å². The highest BCUT2D eigenvalue weighted by molar-refractivity contribution is 7.89. The smallest absolute Gasteiger partial charge is 0.211 e. The Bertz CT molecular complexity index is 676. The molecule has 1 fully saturated rings. The second-order valence-corrected chi connectivity index (χ2v) is 8.70. The zero-order valence-corrected chi connectivity index (χ0v) is 15.7. The summed E-state index contributed by atoms with van der Waals surface area (Å²) in [5.41, 5.74) is -0.967. The van der Waals surface area contributed by atoms with E-state index >= 15 is 0 Å². The molecule has 1 atom stereocenters. The quantitative estimate of drug-likeness (QED) is 0.625. The van der Waals surface area contributed by atoms with Gasteiger partial charge in [-0.1, -0.05) is 26.3 Å². The Kier molecular flexibility index (Phi) is 6.82. The third-order valence-corrected chi connectivity index (χ3v) is 5.99. The van der Waals surface area contributed by atoms with Crippen molar-refractivity contribution in [2.75, 3.05) is 18.9 Å². The molecule has 7 heteroatoms. The van der Waals surface area contributed by atoms with E-state index in [9.17, 15) is 17.9 Å². The Morgan fingerprint density at radius 2 is 2.08 bits per heavy atom. The molecule has 1 aliphatic carbocycles. The van der Waals surface area contributed by atoms with Gasteiger partial charge in [-0.3, -0.25) is 0 Å². The van der Waals surface area contributed by atoms with Crippen molar-refractivity contribution < 1.29 is 22.7 Å². The Hall–Kier alpha value is -1.18. The van der Waals surface area contributed by atoms with Gasteiger partial charge in [0.2, 0.25) is 10.0 Å². The highest BCUT2D eigenvalue weighted by atomic mass is 32.2. The molecular formula is C18H28FNO4S. The number of hydrogen-bond donors (Lipinski definition) is 2. The molecule has 142 valence electrons. The van der Waals surface area contributed by atoms with E-state index in [-0.39, 0.29) is 24.5 Å². The summed E-state index contributed by atoms with van der Waals surface area (Å²) < 4.78 is 45.9. The van der Waals surface area contributed by atoms with Crippen LogP contribution in [-0.4, -0.2) is 32.4 Å². The van der Waals surface area contributed by atoms with Gasteiger partial charge in [-0.2, -0.15) is 0 Å². The number of sulfonamides is 1. The molecule has 0 amide bonds. The largest absolute Gasteiger partial charge is 0.490 e. The van der Waals surface area contributed by atoms with E-state index in [0.717, 1.165) is 19.3 Å². The molecule has 1 aliphatic rings. The summed E-state index contributed by atoms with van der Waals surface area (Å²) in [4.78, 5) is 0. The highest BCUT2D eigenvalue weighted by Gasteiger charge is 2.30. The SMILES string of the molecule is CCCCS(=O)(=O)NC[C@](O)(CC)c1ccc(F)c(OCC2CC2)c1. The average Bonchev–Trinajstić information content (AvgIpc) is 3.41. The van der Waals surface area contributed by atoms with Gasteiger partial charge in [0.15, 0.2) is 11.6 Å². The van der Waals surface area contributed by atoms with Crippen molar-refractivity contribution >= 4 is 10.0 Å². The van der Waals surface area contributed by atoms with Crippen LogP contribution in [0.15, 0.2) is 18.2 Å². The van der Waals surface area contributed by atoms with Crippen molar-refractivity contribution in [1.82, 2.24) is 4.72 Å². The fraction of sp³-hybridized carbons (Fsp3) is 0.667. The zero-order valence-electron chi connectivity index (χ0n) is 14.9. The minimum Gasteiger partial charge on any atom is -0.490 e. The number of nitrogens with one attached hydrogen (secondary N) is 1. The van der Waals surface area contributed by atoms with Gasteiger partial charge in [-0.25, -0.2) is 17.5 Å². The Morgan fingerprint density at radius 1 is 1.36 bits per heavy atom. The molecule has 25 heavy (non-hydrogen) atoms. The van der Waals surface area contributed by atoms with Crippen LogP contribution in [-0.2, 0) is 15.6 Å². The van der Waals surface area contributed by atoms with Gasteiger partial charge >= 0.3 is 0 Å². The van der Waals surface area contributed by atoms with Gasteiger partial charge in [0.25, 0.3) is 0 Å². The van der Waals surface area contributed by atoms with E-state index in [1.165, 1.54) is 18.2 Å². The molecule has 0 radical (unpaired) electrons.